The smallest absolute Gasteiger partial charge is 0.415 e. The second-order valence-electron chi connectivity index (χ2n) is 6.64. The van der Waals surface area contributed by atoms with Crippen molar-refractivity contribution in [1.29, 1.82) is 0 Å². The lowest BCUT2D eigenvalue weighted by atomic mass is 9.94. The molecule has 0 radical (unpaired) electrons. The van der Waals surface area contributed by atoms with E-state index in [1.54, 1.807) is 11.1 Å². The van der Waals surface area contributed by atoms with Gasteiger partial charge >= 0.3 is 6.09 Å². The predicted molar refractivity (Wildman–Crippen MR) is 84.0 cm³/mol. The number of hydrogen-bond donors (Lipinski definition) is 0. The van der Waals surface area contributed by atoms with Crippen molar-refractivity contribution >= 4 is 11.9 Å². The summed E-state index contributed by atoms with van der Waals surface area (Å²) in [6.07, 6.45) is 5.37. The molecular weight excluding hydrogens is 280 g/mol. The number of carbonyl (C=O) groups excluding carboxylic acids is 1. The Bertz CT molecular complexity index is 541. The van der Waals surface area contributed by atoms with Gasteiger partial charge in [-0.25, -0.2) is 9.78 Å². The number of amides is 1. The zero-order valence-electron chi connectivity index (χ0n) is 13.5. The highest BCUT2D eigenvalue weighted by Crippen LogP contribution is 2.29. The minimum absolute atomic E-state index is 0.0366. The van der Waals surface area contributed by atoms with E-state index in [4.69, 9.17) is 9.72 Å². The maximum atomic E-state index is 12.0. The first-order chi connectivity index (χ1) is 10.6. The van der Waals surface area contributed by atoms with E-state index < -0.39 is 0 Å². The van der Waals surface area contributed by atoms with Crippen LogP contribution >= 0.6 is 0 Å². The molecule has 2 aliphatic heterocycles. The highest BCUT2D eigenvalue weighted by molar-refractivity contribution is 5.89. The Hall–Kier alpha value is -1.69. The van der Waals surface area contributed by atoms with E-state index in [2.05, 4.69) is 30.8 Å². The van der Waals surface area contributed by atoms with Crippen LogP contribution in [-0.2, 0) is 4.74 Å². The lowest BCUT2D eigenvalue weighted by Gasteiger charge is -2.29. The number of hydrogen-bond acceptors (Lipinski definition) is 5. The quantitative estimate of drug-likeness (QED) is 0.857. The molecule has 1 amide bonds. The molecule has 0 aromatic carbocycles. The summed E-state index contributed by atoms with van der Waals surface area (Å²) in [5.74, 6) is 1.37. The number of carbonyl (C=O) groups is 1. The fourth-order valence-corrected chi connectivity index (χ4v) is 3.18. The Labute approximate surface area is 131 Å². The Balaban J connectivity index is 1.83. The largest absolute Gasteiger partial charge is 0.447 e. The average Bonchev–Trinajstić information content (AvgIpc) is 2.90. The zero-order chi connectivity index (χ0) is 15.7. The molecule has 0 spiro atoms. The van der Waals surface area contributed by atoms with Crippen LogP contribution in [0, 0.1) is 5.92 Å². The average molecular weight is 304 g/mol. The molecular formula is C16H24N4O2. The van der Waals surface area contributed by atoms with Crippen LogP contribution in [0.25, 0.3) is 0 Å². The van der Waals surface area contributed by atoms with E-state index in [1.165, 1.54) is 0 Å². The number of likely N-dealkylation sites (tertiary alicyclic amines) is 1. The lowest BCUT2D eigenvalue weighted by Crippen LogP contribution is -2.38. The molecule has 0 unspecified atom stereocenters. The van der Waals surface area contributed by atoms with Crippen LogP contribution < -0.4 is 4.90 Å². The van der Waals surface area contributed by atoms with Crippen molar-refractivity contribution in [2.24, 2.45) is 5.92 Å². The molecule has 6 nitrogen and oxygen atoms in total. The minimum Gasteiger partial charge on any atom is -0.447 e. The van der Waals surface area contributed by atoms with E-state index in [1.807, 2.05) is 6.20 Å². The van der Waals surface area contributed by atoms with Crippen LogP contribution in [0.2, 0.25) is 0 Å². The van der Waals surface area contributed by atoms with Crippen molar-refractivity contribution in [3.05, 3.63) is 18.1 Å². The first kappa shape index (κ1) is 15.2. The summed E-state index contributed by atoms with van der Waals surface area (Å²) in [5, 5.41) is 0. The number of aromatic nitrogens is 2. The molecule has 3 heterocycles. The van der Waals surface area contributed by atoms with Crippen molar-refractivity contribution in [3.8, 4) is 0 Å². The van der Waals surface area contributed by atoms with Gasteiger partial charge in [-0.05, 0) is 38.9 Å². The van der Waals surface area contributed by atoms with Gasteiger partial charge in [-0.2, -0.15) is 0 Å². The third kappa shape index (κ3) is 2.92. The Morgan fingerprint density at radius 1 is 1.27 bits per heavy atom. The van der Waals surface area contributed by atoms with E-state index in [9.17, 15) is 4.79 Å². The first-order valence-corrected chi connectivity index (χ1v) is 8.02. The molecule has 3 rings (SSSR count). The van der Waals surface area contributed by atoms with Gasteiger partial charge in [-0.15, -0.1) is 0 Å². The summed E-state index contributed by atoms with van der Waals surface area (Å²) in [6.45, 7) is 6.77. The monoisotopic (exact) mass is 304 g/mol. The standard InChI is InChI=1S/C16H24N4O2/c1-11(2)14-10-22-16(21)20(14)15-9-17-8-13(18-15)12-4-6-19(3)7-5-12/h8-9,11-12,14H,4-7,10H2,1-3H3/t14-/m0/s1. The molecule has 22 heavy (non-hydrogen) atoms. The van der Waals surface area contributed by atoms with Crippen molar-refractivity contribution < 1.29 is 9.53 Å². The summed E-state index contributed by atoms with van der Waals surface area (Å²) in [7, 11) is 2.14. The number of anilines is 1. The van der Waals surface area contributed by atoms with E-state index in [0.29, 0.717) is 24.3 Å². The van der Waals surface area contributed by atoms with Crippen LogP contribution in [0.5, 0.6) is 0 Å². The van der Waals surface area contributed by atoms with Gasteiger partial charge in [0.2, 0.25) is 0 Å². The van der Waals surface area contributed by atoms with Gasteiger partial charge in [0.1, 0.15) is 6.61 Å². The van der Waals surface area contributed by atoms with Crippen molar-refractivity contribution in [3.63, 3.8) is 0 Å². The van der Waals surface area contributed by atoms with Crippen LogP contribution in [0.15, 0.2) is 12.4 Å². The van der Waals surface area contributed by atoms with Gasteiger partial charge in [-0.3, -0.25) is 9.88 Å². The molecule has 120 valence electrons. The summed E-state index contributed by atoms with van der Waals surface area (Å²) >= 11 is 0. The number of piperidine rings is 1. The molecule has 6 heteroatoms. The van der Waals surface area contributed by atoms with Gasteiger partial charge in [0.15, 0.2) is 5.82 Å². The van der Waals surface area contributed by atoms with Gasteiger partial charge in [-0.1, -0.05) is 13.8 Å². The predicted octanol–water partition coefficient (Wildman–Crippen LogP) is 2.27. The normalized spacial score (nSPS) is 24.1. The topological polar surface area (TPSA) is 58.6 Å². The molecule has 2 aliphatic rings. The highest BCUT2D eigenvalue weighted by Gasteiger charge is 2.37. The number of ether oxygens (including phenoxy) is 1. The summed E-state index contributed by atoms with van der Waals surface area (Å²) < 4.78 is 5.21. The third-order valence-corrected chi connectivity index (χ3v) is 4.70. The van der Waals surface area contributed by atoms with Gasteiger partial charge in [0.05, 0.1) is 17.9 Å². The minimum atomic E-state index is -0.312. The van der Waals surface area contributed by atoms with E-state index in [0.717, 1.165) is 31.6 Å². The SMILES string of the molecule is CC(C)[C@@H]1COC(=O)N1c1cncc(C2CCN(C)CC2)n1. The Morgan fingerprint density at radius 3 is 2.68 bits per heavy atom. The molecule has 2 saturated heterocycles. The molecule has 1 aromatic heterocycles. The molecule has 0 N–H and O–H groups in total. The van der Waals surface area contributed by atoms with Gasteiger partial charge in [0, 0.05) is 12.1 Å². The third-order valence-electron chi connectivity index (χ3n) is 4.70. The number of nitrogens with zero attached hydrogens (tertiary/aromatic N) is 4. The number of rotatable bonds is 3. The number of cyclic esters (lactones) is 1. The van der Waals surface area contributed by atoms with Crippen molar-refractivity contribution in [1.82, 2.24) is 14.9 Å². The Kier molecular flexibility index (Phi) is 4.29. The van der Waals surface area contributed by atoms with Crippen LogP contribution in [0.1, 0.15) is 38.3 Å². The molecule has 0 saturated carbocycles. The summed E-state index contributed by atoms with van der Waals surface area (Å²) in [4.78, 5) is 25.1. The Morgan fingerprint density at radius 2 is 2.00 bits per heavy atom. The fraction of sp³-hybridized carbons (Fsp3) is 0.688. The second-order valence-corrected chi connectivity index (χ2v) is 6.64. The lowest BCUT2D eigenvalue weighted by molar-refractivity contribution is 0.177. The maximum absolute atomic E-state index is 12.0. The summed E-state index contributed by atoms with van der Waals surface area (Å²) in [5.41, 5.74) is 0.993. The highest BCUT2D eigenvalue weighted by atomic mass is 16.6. The summed E-state index contributed by atoms with van der Waals surface area (Å²) in [6, 6.07) is 0.0366. The molecule has 1 atom stereocenters. The molecule has 2 fully saturated rings. The maximum Gasteiger partial charge on any atom is 0.415 e. The molecule has 0 aliphatic carbocycles. The van der Waals surface area contributed by atoms with Gasteiger partial charge < -0.3 is 9.64 Å². The van der Waals surface area contributed by atoms with Crippen LogP contribution in [-0.4, -0.2) is 53.7 Å². The van der Waals surface area contributed by atoms with Crippen molar-refractivity contribution in [2.75, 3.05) is 31.6 Å². The van der Waals surface area contributed by atoms with E-state index in [-0.39, 0.29) is 12.1 Å². The second kappa shape index (κ2) is 6.20. The zero-order valence-corrected chi connectivity index (χ0v) is 13.5. The van der Waals surface area contributed by atoms with Crippen LogP contribution in [0.3, 0.4) is 0 Å². The van der Waals surface area contributed by atoms with Gasteiger partial charge in [0.25, 0.3) is 0 Å². The molecule has 0 bridgehead atoms. The fourth-order valence-electron chi connectivity index (χ4n) is 3.18. The van der Waals surface area contributed by atoms with Crippen LogP contribution in [0.4, 0.5) is 10.6 Å². The molecule has 1 aromatic rings. The van der Waals surface area contributed by atoms with E-state index >= 15 is 0 Å². The van der Waals surface area contributed by atoms with Crippen molar-refractivity contribution in [2.45, 2.75) is 38.6 Å². The first-order valence-electron chi connectivity index (χ1n) is 8.02.